The quantitative estimate of drug-likeness (QED) is 0.160. The SMILES string of the molecule is c1ccc2c(c1)cc(-c1cc(-c3ccc(-c4cc5ccc6cccc7ccc(c4)c5c67)cc3)cc(-c3cc4ccccc4c4ccccc34)c1)c1ccccc12. The van der Waals surface area contributed by atoms with Crippen LogP contribution in [0.5, 0.6) is 0 Å². The first-order chi connectivity index (χ1) is 27.7. The summed E-state index contributed by atoms with van der Waals surface area (Å²) in [5, 5.41) is 18.0. The fraction of sp³-hybridized carbons (Fsp3) is 0. The van der Waals surface area contributed by atoms with Crippen LogP contribution < -0.4 is 0 Å². The minimum atomic E-state index is 1.20. The van der Waals surface area contributed by atoms with Gasteiger partial charge in [0.05, 0.1) is 0 Å². The first kappa shape index (κ1) is 31.1. The lowest BCUT2D eigenvalue weighted by Gasteiger charge is -2.17. The van der Waals surface area contributed by atoms with Crippen molar-refractivity contribution in [2.24, 2.45) is 0 Å². The van der Waals surface area contributed by atoms with E-state index in [1.165, 1.54) is 120 Å². The molecule has 0 fully saturated rings. The molecule has 0 aliphatic heterocycles. The Balaban J connectivity index is 1.06. The summed E-state index contributed by atoms with van der Waals surface area (Å²) in [6, 6.07) is 76.8. The molecular weight excluding hydrogens is 673 g/mol. The molecule has 0 aliphatic carbocycles. The van der Waals surface area contributed by atoms with Crippen molar-refractivity contribution in [2.75, 3.05) is 0 Å². The molecule has 0 saturated heterocycles. The molecule has 56 heavy (non-hydrogen) atoms. The van der Waals surface area contributed by atoms with Crippen molar-refractivity contribution >= 4 is 75.4 Å². The zero-order valence-electron chi connectivity index (χ0n) is 30.6. The van der Waals surface area contributed by atoms with Crippen LogP contribution in [0, 0.1) is 0 Å². The van der Waals surface area contributed by atoms with Gasteiger partial charge in [-0.05, 0) is 162 Å². The standard InChI is InChI=1S/C56H34/c1-3-14-47-39(10-1)33-53(51-18-7-5-16-49(47)51)45-30-44(31-46(32-45)54-34-40-11-2-4-15-48(40)50-17-6-8-19-52(50)54)36-22-20-35(21-23-36)43-28-41-26-24-37-12-9-13-38-25-27-42(29-43)56(41)55(37)38/h1-34H. The number of fused-ring (bicyclic) bond motifs is 6. The van der Waals surface area contributed by atoms with Gasteiger partial charge in [0, 0.05) is 0 Å². The third-order valence-electron chi connectivity index (χ3n) is 12.1. The van der Waals surface area contributed by atoms with Crippen LogP contribution in [0.3, 0.4) is 0 Å². The zero-order chi connectivity index (χ0) is 36.7. The number of rotatable bonds is 4. The van der Waals surface area contributed by atoms with Gasteiger partial charge in [-0.1, -0.05) is 164 Å². The van der Waals surface area contributed by atoms with E-state index >= 15 is 0 Å². The van der Waals surface area contributed by atoms with Crippen molar-refractivity contribution < 1.29 is 0 Å². The lowest BCUT2D eigenvalue weighted by atomic mass is 9.87. The summed E-state index contributed by atoms with van der Waals surface area (Å²) in [4.78, 5) is 0. The molecule has 258 valence electrons. The first-order valence-electron chi connectivity index (χ1n) is 19.5. The van der Waals surface area contributed by atoms with E-state index in [-0.39, 0.29) is 0 Å². The van der Waals surface area contributed by atoms with Crippen LogP contribution >= 0.6 is 0 Å². The Bertz CT molecular complexity index is 3310. The molecule has 0 atom stereocenters. The van der Waals surface area contributed by atoms with Gasteiger partial charge in [-0.15, -0.1) is 0 Å². The summed E-state index contributed by atoms with van der Waals surface area (Å²) in [5.74, 6) is 0. The minimum absolute atomic E-state index is 1.20. The molecule has 0 saturated carbocycles. The smallest absolute Gasteiger partial charge is 0.00264 e. The molecule has 12 aromatic carbocycles. The zero-order valence-corrected chi connectivity index (χ0v) is 30.6. The van der Waals surface area contributed by atoms with Crippen LogP contribution in [-0.4, -0.2) is 0 Å². The van der Waals surface area contributed by atoms with Gasteiger partial charge in [0.25, 0.3) is 0 Å². The van der Waals surface area contributed by atoms with E-state index in [0.29, 0.717) is 0 Å². The number of hydrogen-bond acceptors (Lipinski definition) is 0. The van der Waals surface area contributed by atoms with Gasteiger partial charge in [-0.25, -0.2) is 0 Å². The second kappa shape index (κ2) is 12.1. The van der Waals surface area contributed by atoms with E-state index in [2.05, 4.69) is 206 Å². The fourth-order valence-electron chi connectivity index (χ4n) is 9.47. The van der Waals surface area contributed by atoms with E-state index in [0.717, 1.165) is 0 Å². The Morgan fingerprint density at radius 2 is 0.536 bits per heavy atom. The normalized spacial score (nSPS) is 11.9. The molecule has 0 heterocycles. The van der Waals surface area contributed by atoms with Gasteiger partial charge in [-0.2, -0.15) is 0 Å². The van der Waals surface area contributed by atoms with Crippen LogP contribution in [0.4, 0.5) is 0 Å². The summed E-state index contributed by atoms with van der Waals surface area (Å²) in [5.41, 5.74) is 9.79. The lowest BCUT2D eigenvalue weighted by molar-refractivity contribution is 1.59. The Morgan fingerprint density at radius 3 is 1.04 bits per heavy atom. The van der Waals surface area contributed by atoms with E-state index in [4.69, 9.17) is 0 Å². The van der Waals surface area contributed by atoms with Gasteiger partial charge < -0.3 is 0 Å². The summed E-state index contributed by atoms with van der Waals surface area (Å²) < 4.78 is 0. The van der Waals surface area contributed by atoms with Crippen LogP contribution in [-0.2, 0) is 0 Å². The van der Waals surface area contributed by atoms with Crippen molar-refractivity contribution in [1.29, 1.82) is 0 Å². The van der Waals surface area contributed by atoms with Gasteiger partial charge in [-0.3, -0.25) is 0 Å². The molecule has 12 aromatic rings. The highest BCUT2D eigenvalue weighted by Gasteiger charge is 2.16. The fourth-order valence-corrected chi connectivity index (χ4v) is 9.47. The lowest BCUT2D eigenvalue weighted by Crippen LogP contribution is -1.90. The first-order valence-corrected chi connectivity index (χ1v) is 19.5. The molecule has 0 aromatic heterocycles. The monoisotopic (exact) mass is 706 g/mol. The maximum Gasteiger partial charge on any atom is -0.00264 e. The van der Waals surface area contributed by atoms with E-state index in [1.54, 1.807) is 0 Å². The van der Waals surface area contributed by atoms with Crippen LogP contribution in [0.1, 0.15) is 0 Å². The maximum atomic E-state index is 2.41. The highest BCUT2D eigenvalue weighted by molar-refractivity contribution is 6.24. The van der Waals surface area contributed by atoms with Crippen molar-refractivity contribution in [1.82, 2.24) is 0 Å². The van der Waals surface area contributed by atoms with Gasteiger partial charge >= 0.3 is 0 Å². The predicted molar refractivity (Wildman–Crippen MR) is 242 cm³/mol. The molecule has 0 heteroatoms. The predicted octanol–water partition coefficient (Wildman–Crippen LogP) is 15.9. The topological polar surface area (TPSA) is 0 Å². The molecule has 12 rings (SSSR count). The van der Waals surface area contributed by atoms with Gasteiger partial charge in [0.2, 0.25) is 0 Å². The molecule has 0 amide bonds. The van der Waals surface area contributed by atoms with Crippen LogP contribution in [0.2, 0.25) is 0 Å². The number of hydrogen-bond donors (Lipinski definition) is 0. The van der Waals surface area contributed by atoms with Crippen molar-refractivity contribution in [3.8, 4) is 44.5 Å². The summed E-state index contributed by atoms with van der Waals surface area (Å²) >= 11 is 0. The van der Waals surface area contributed by atoms with E-state index < -0.39 is 0 Å². The Labute approximate surface area is 324 Å². The second-order valence-corrected chi connectivity index (χ2v) is 15.3. The third-order valence-corrected chi connectivity index (χ3v) is 12.1. The van der Waals surface area contributed by atoms with Crippen molar-refractivity contribution in [3.05, 3.63) is 206 Å². The number of benzene rings is 12. The molecule has 0 bridgehead atoms. The largest absolute Gasteiger partial charge is 0.0616 e. The summed E-state index contributed by atoms with van der Waals surface area (Å²) in [6.45, 7) is 0. The average Bonchev–Trinajstić information content (AvgIpc) is 3.27. The van der Waals surface area contributed by atoms with Crippen LogP contribution in [0.15, 0.2) is 206 Å². The molecular formula is C56H34. The molecule has 0 N–H and O–H groups in total. The Hall–Kier alpha value is -7.28. The van der Waals surface area contributed by atoms with Crippen LogP contribution in [0.25, 0.3) is 120 Å². The molecule has 0 nitrogen and oxygen atoms in total. The molecule has 0 aliphatic rings. The Kier molecular flexibility index (Phi) is 6.73. The van der Waals surface area contributed by atoms with E-state index in [9.17, 15) is 0 Å². The molecule has 0 spiro atoms. The minimum Gasteiger partial charge on any atom is -0.0616 e. The third kappa shape index (κ3) is 4.79. The summed E-state index contributed by atoms with van der Waals surface area (Å²) in [7, 11) is 0. The van der Waals surface area contributed by atoms with E-state index in [1.807, 2.05) is 0 Å². The second-order valence-electron chi connectivity index (χ2n) is 15.3. The maximum absolute atomic E-state index is 2.41. The van der Waals surface area contributed by atoms with Gasteiger partial charge in [0.1, 0.15) is 0 Å². The summed E-state index contributed by atoms with van der Waals surface area (Å²) in [6.07, 6.45) is 0. The average molecular weight is 707 g/mol. The Morgan fingerprint density at radius 1 is 0.179 bits per heavy atom. The van der Waals surface area contributed by atoms with Gasteiger partial charge in [0.15, 0.2) is 0 Å². The highest BCUT2D eigenvalue weighted by atomic mass is 14.2. The van der Waals surface area contributed by atoms with Crippen molar-refractivity contribution in [3.63, 3.8) is 0 Å². The molecule has 0 radical (unpaired) electrons. The highest BCUT2D eigenvalue weighted by Crippen LogP contribution is 2.43. The molecule has 0 unspecified atom stereocenters. The van der Waals surface area contributed by atoms with Crippen molar-refractivity contribution in [2.45, 2.75) is 0 Å².